The van der Waals surface area contributed by atoms with Gasteiger partial charge in [-0.25, -0.2) is 9.18 Å². The van der Waals surface area contributed by atoms with Gasteiger partial charge in [-0.15, -0.1) is 0 Å². The van der Waals surface area contributed by atoms with Crippen molar-refractivity contribution in [2.75, 3.05) is 20.8 Å². The highest BCUT2D eigenvalue weighted by Gasteiger charge is 2.13. The molecule has 0 fully saturated rings. The van der Waals surface area contributed by atoms with Gasteiger partial charge in [0.15, 0.2) is 0 Å². The molecule has 0 heterocycles. The maximum absolute atomic E-state index is 13.0. The number of nitrogens with one attached hydrogen (secondary N) is 1. The molecule has 1 N–H and O–H groups in total. The summed E-state index contributed by atoms with van der Waals surface area (Å²) in [5.74, 6) is -1.64. The maximum atomic E-state index is 13.0. The molecule has 0 radical (unpaired) electrons. The molecule has 0 saturated heterocycles. The minimum atomic E-state index is -0.957. The Morgan fingerprint density at radius 1 is 1.33 bits per heavy atom. The van der Waals surface area contributed by atoms with E-state index in [2.05, 4.69) is 10.1 Å². The fourth-order valence-electron chi connectivity index (χ4n) is 1.42. The molecular weight excluding hydrogens is 241 g/mol. The summed E-state index contributed by atoms with van der Waals surface area (Å²) in [6.07, 6.45) is 0.351. The van der Waals surface area contributed by atoms with Gasteiger partial charge in [-0.05, 0) is 30.2 Å². The zero-order valence-electron chi connectivity index (χ0n) is 10.2. The van der Waals surface area contributed by atoms with Gasteiger partial charge in [0.1, 0.15) is 11.6 Å². The summed E-state index contributed by atoms with van der Waals surface area (Å²) in [6.45, 7) is 0.188. The summed E-state index contributed by atoms with van der Waals surface area (Å²) in [4.78, 5) is 21.9. The SMILES string of the molecule is COC(=O)C(=O)NCCc1cc(F)ccc1OC. The number of hydrogen-bond acceptors (Lipinski definition) is 4. The molecule has 1 aromatic rings. The van der Waals surface area contributed by atoms with Crippen LogP contribution in [-0.2, 0) is 20.7 Å². The van der Waals surface area contributed by atoms with Crippen LogP contribution in [0.15, 0.2) is 18.2 Å². The summed E-state index contributed by atoms with van der Waals surface area (Å²) < 4.78 is 22.3. The van der Waals surface area contributed by atoms with Crippen molar-refractivity contribution in [3.05, 3.63) is 29.6 Å². The molecule has 0 unspecified atom stereocenters. The smallest absolute Gasteiger partial charge is 0.396 e. The lowest BCUT2D eigenvalue weighted by Crippen LogP contribution is -2.33. The fourth-order valence-corrected chi connectivity index (χ4v) is 1.42. The van der Waals surface area contributed by atoms with E-state index in [-0.39, 0.29) is 12.4 Å². The minimum Gasteiger partial charge on any atom is -0.496 e. The van der Waals surface area contributed by atoms with Gasteiger partial charge >= 0.3 is 11.9 Å². The van der Waals surface area contributed by atoms with E-state index in [0.29, 0.717) is 17.7 Å². The maximum Gasteiger partial charge on any atom is 0.396 e. The molecule has 0 saturated carbocycles. The molecular formula is C12H14FNO4. The van der Waals surface area contributed by atoms with Crippen LogP contribution in [0.25, 0.3) is 0 Å². The predicted octanol–water partition coefficient (Wildman–Crippen LogP) is 0.666. The first-order valence-electron chi connectivity index (χ1n) is 5.27. The molecule has 98 valence electrons. The summed E-state index contributed by atoms with van der Waals surface area (Å²) in [5.41, 5.74) is 0.614. The number of hydrogen-bond donors (Lipinski definition) is 1. The number of esters is 1. The first-order valence-corrected chi connectivity index (χ1v) is 5.27. The number of methoxy groups -OCH3 is 2. The van der Waals surface area contributed by atoms with Crippen molar-refractivity contribution < 1.29 is 23.5 Å². The lowest BCUT2D eigenvalue weighted by Gasteiger charge is -2.08. The van der Waals surface area contributed by atoms with Crippen LogP contribution in [0.4, 0.5) is 4.39 Å². The van der Waals surface area contributed by atoms with Crippen LogP contribution < -0.4 is 10.1 Å². The Morgan fingerprint density at radius 2 is 2.06 bits per heavy atom. The Morgan fingerprint density at radius 3 is 2.67 bits per heavy atom. The molecule has 1 aromatic carbocycles. The van der Waals surface area contributed by atoms with Gasteiger partial charge in [0, 0.05) is 6.54 Å². The van der Waals surface area contributed by atoms with E-state index in [0.717, 1.165) is 7.11 Å². The number of amides is 1. The second-order valence-corrected chi connectivity index (χ2v) is 3.45. The van der Waals surface area contributed by atoms with Gasteiger partial charge in [0.05, 0.1) is 14.2 Å². The zero-order valence-corrected chi connectivity index (χ0v) is 10.2. The molecule has 0 bridgehead atoms. The summed E-state index contributed by atoms with van der Waals surface area (Å²) in [6, 6.07) is 4.12. The van der Waals surface area contributed by atoms with E-state index < -0.39 is 11.9 Å². The molecule has 0 atom stereocenters. The van der Waals surface area contributed by atoms with Gasteiger partial charge in [0.2, 0.25) is 0 Å². The predicted molar refractivity (Wildman–Crippen MR) is 61.7 cm³/mol. The minimum absolute atomic E-state index is 0.188. The van der Waals surface area contributed by atoms with Crippen LogP contribution in [0.1, 0.15) is 5.56 Å². The van der Waals surface area contributed by atoms with E-state index in [1.807, 2.05) is 0 Å². The van der Waals surface area contributed by atoms with Crippen molar-refractivity contribution in [3.8, 4) is 5.75 Å². The van der Waals surface area contributed by atoms with E-state index >= 15 is 0 Å². The molecule has 0 aliphatic rings. The Hall–Kier alpha value is -2.11. The number of halogens is 1. The van der Waals surface area contributed by atoms with Crippen molar-refractivity contribution in [1.29, 1.82) is 0 Å². The highest BCUT2D eigenvalue weighted by atomic mass is 19.1. The van der Waals surface area contributed by atoms with Crippen LogP contribution in [0, 0.1) is 5.82 Å². The van der Waals surface area contributed by atoms with Gasteiger partial charge in [0.25, 0.3) is 0 Å². The summed E-state index contributed by atoms with van der Waals surface area (Å²) in [7, 11) is 2.60. The van der Waals surface area contributed by atoms with Crippen LogP contribution >= 0.6 is 0 Å². The molecule has 0 aliphatic carbocycles. The van der Waals surface area contributed by atoms with E-state index in [4.69, 9.17) is 4.74 Å². The number of carbonyl (C=O) groups excluding carboxylic acids is 2. The summed E-state index contributed by atoms with van der Waals surface area (Å²) >= 11 is 0. The fraction of sp³-hybridized carbons (Fsp3) is 0.333. The van der Waals surface area contributed by atoms with Crippen LogP contribution in [0.2, 0.25) is 0 Å². The Balaban J connectivity index is 2.56. The number of rotatable bonds is 4. The first-order chi connectivity index (χ1) is 8.58. The Kier molecular flexibility index (Phi) is 5.10. The first kappa shape index (κ1) is 14.0. The third-order valence-electron chi connectivity index (χ3n) is 2.29. The lowest BCUT2D eigenvalue weighted by atomic mass is 10.1. The van der Waals surface area contributed by atoms with Crippen molar-refractivity contribution >= 4 is 11.9 Å². The zero-order chi connectivity index (χ0) is 13.5. The highest BCUT2D eigenvalue weighted by molar-refractivity contribution is 6.32. The third kappa shape index (κ3) is 3.73. The van der Waals surface area contributed by atoms with Crippen LogP contribution in [0.3, 0.4) is 0 Å². The topological polar surface area (TPSA) is 64.6 Å². The van der Waals surface area contributed by atoms with Crippen molar-refractivity contribution in [2.45, 2.75) is 6.42 Å². The largest absolute Gasteiger partial charge is 0.496 e. The Labute approximate surface area is 104 Å². The van der Waals surface area contributed by atoms with E-state index in [9.17, 15) is 14.0 Å². The standard InChI is InChI=1S/C12H14FNO4/c1-17-10-4-3-9(13)7-8(10)5-6-14-11(15)12(16)18-2/h3-4,7H,5-6H2,1-2H3,(H,14,15). The van der Waals surface area contributed by atoms with Gasteiger partial charge in [-0.3, -0.25) is 4.79 Å². The quantitative estimate of drug-likeness (QED) is 0.634. The summed E-state index contributed by atoms with van der Waals surface area (Å²) in [5, 5.41) is 2.36. The van der Waals surface area contributed by atoms with Gasteiger partial charge in [-0.2, -0.15) is 0 Å². The molecule has 0 aliphatic heterocycles. The second kappa shape index (κ2) is 6.58. The third-order valence-corrected chi connectivity index (χ3v) is 2.29. The monoisotopic (exact) mass is 255 g/mol. The molecule has 0 spiro atoms. The van der Waals surface area contributed by atoms with Gasteiger partial charge < -0.3 is 14.8 Å². The number of ether oxygens (including phenoxy) is 2. The van der Waals surface area contributed by atoms with Crippen molar-refractivity contribution in [3.63, 3.8) is 0 Å². The number of benzene rings is 1. The normalized spacial score (nSPS) is 9.72. The van der Waals surface area contributed by atoms with Gasteiger partial charge in [-0.1, -0.05) is 0 Å². The van der Waals surface area contributed by atoms with E-state index in [1.165, 1.54) is 25.3 Å². The van der Waals surface area contributed by atoms with Crippen LogP contribution in [0.5, 0.6) is 5.75 Å². The molecule has 0 aromatic heterocycles. The van der Waals surface area contributed by atoms with Crippen LogP contribution in [-0.4, -0.2) is 32.6 Å². The lowest BCUT2D eigenvalue weighted by molar-refractivity contribution is -0.152. The molecule has 6 heteroatoms. The average molecular weight is 255 g/mol. The molecule has 18 heavy (non-hydrogen) atoms. The number of carbonyl (C=O) groups is 2. The van der Waals surface area contributed by atoms with E-state index in [1.54, 1.807) is 0 Å². The molecule has 5 nitrogen and oxygen atoms in total. The molecule has 1 amide bonds. The highest BCUT2D eigenvalue weighted by Crippen LogP contribution is 2.19. The average Bonchev–Trinajstić information content (AvgIpc) is 2.38. The second-order valence-electron chi connectivity index (χ2n) is 3.45. The Bertz CT molecular complexity index is 448. The molecule has 1 rings (SSSR count). The van der Waals surface area contributed by atoms with Crippen molar-refractivity contribution in [2.24, 2.45) is 0 Å². The van der Waals surface area contributed by atoms with Crippen molar-refractivity contribution in [1.82, 2.24) is 5.32 Å².